The van der Waals surface area contributed by atoms with E-state index in [-0.39, 0.29) is 17.1 Å². The molecule has 7 nitrogen and oxygen atoms in total. The summed E-state index contributed by atoms with van der Waals surface area (Å²) in [5, 5.41) is 11.2. The lowest BCUT2D eigenvalue weighted by Gasteiger charge is -2.07. The molecule has 0 radical (unpaired) electrons. The van der Waals surface area contributed by atoms with Gasteiger partial charge in [0.15, 0.2) is 0 Å². The molecule has 0 saturated carbocycles. The molecule has 0 saturated heterocycles. The minimum Gasteiger partial charge on any atom is -0.267 e. The third-order valence-electron chi connectivity index (χ3n) is 2.52. The van der Waals surface area contributed by atoms with Gasteiger partial charge >= 0.3 is 0 Å². The number of hydrogen-bond donors (Lipinski definition) is 1. The number of sulfonamides is 1. The van der Waals surface area contributed by atoms with Crippen LogP contribution in [-0.4, -0.2) is 18.3 Å². The highest BCUT2D eigenvalue weighted by atomic mass is 35.5. The zero-order valence-electron chi connectivity index (χ0n) is 10.6. The fourth-order valence-corrected chi connectivity index (χ4v) is 2.99. The van der Waals surface area contributed by atoms with Gasteiger partial charge in [-0.1, -0.05) is 29.8 Å². The van der Waals surface area contributed by atoms with Crippen LogP contribution in [0.25, 0.3) is 0 Å². The van der Waals surface area contributed by atoms with Crippen LogP contribution in [0.15, 0.2) is 42.6 Å². The number of hydrogen-bond acceptors (Lipinski definition) is 5. The number of anilines is 1. The first-order chi connectivity index (χ1) is 9.87. The van der Waals surface area contributed by atoms with E-state index in [9.17, 15) is 18.5 Å². The normalized spacial score (nSPS) is 11.1. The van der Waals surface area contributed by atoms with Crippen LogP contribution < -0.4 is 4.72 Å². The standard InChI is InChI=1S/C12H10ClN3O4S/c13-10-5-6-14-12(7-10)15-21(19,20)8-9-3-1-2-4-11(9)16(17)18/h1-7H,8H2,(H,14,15). The zero-order chi connectivity index (χ0) is 15.5. The predicted molar refractivity (Wildman–Crippen MR) is 78.6 cm³/mol. The monoisotopic (exact) mass is 327 g/mol. The maximum absolute atomic E-state index is 12.0. The van der Waals surface area contributed by atoms with Crippen molar-refractivity contribution in [1.29, 1.82) is 0 Å². The number of aromatic nitrogens is 1. The molecule has 0 fully saturated rings. The lowest BCUT2D eigenvalue weighted by molar-refractivity contribution is -0.385. The summed E-state index contributed by atoms with van der Waals surface area (Å²) in [5.74, 6) is -0.473. The minimum atomic E-state index is -3.84. The average molecular weight is 328 g/mol. The first-order valence-electron chi connectivity index (χ1n) is 5.72. The maximum Gasteiger partial charge on any atom is 0.273 e. The Bertz CT molecular complexity index is 780. The van der Waals surface area contributed by atoms with Gasteiger partial charge in [0.2, 0.25) is 10.0 Å². The Balaban J connectivity index is 2.24. The number of nitrogens with zero attached hydrogens (tertiary/aromatic N) is 2. The van der Waals surface area contributed by atoms with Gasteiger partial charge in [-0.25, -0.2) is 13.4 Å². The van der Waals surface area contributed by atoms with Gasteiger partial charge in [0, 0.05) is 28.9 Å². The first kappa shape index (κ1) is 15.2. The van der Waals surface area contributed by atoms with E-state index in [1.807, 2.05) is 0 Å². The topological polar surface area (TPSA) is 102 Å². The lowest BCUT2D eigenvalue weighted by atomic mass is 10.2. The number of halogens is 1. The number of para-hydroxylation sites is 1. The van der Waals surface area contributed by atoms with E-state index in [2.05, 4.69) is 9.71 Å². The summed E-state index contributed by atoms with van der Waals surface area (Å²) in [5.41, 5.74) is -0.154. The van der Waals surface area contributed by atoms with Gasteiger partial charge in [-0.05, 0) is 6.07 Å². The van der Waals surface area contributed by atoms with E-state index in [1.165, 1.54) is 42.6 Å². The van der Waals surface area contributed by atoms with E-state index < -0.39 is 20.7 Å². The second-order valence-corrected chi connectivity index (χ2v) is 6.27. The van der Waals surface area contributed by atoms with Crippen molar-refractivity contribution in [2.75, 3.05) is 4.72 Å². The van der Waals surface area contributed by atoms with Gasteiger partial charge in [0.25, 0.3) is 5.69 Å². The summed E-state index contributed by atoms with van der Waals surface area (Å²) < 4.78 is 26.3. The highest BCUT2D eigenvalue weighted by molar-refractivity contribution is 7.91. The van der Waals surface area contributed by atoms with Crippen LogP contribution in [0.3, 0.4) is 0 Å². The number of nitro groups is 1. The van der Waals surface area contributed by atoms with Crippen LogP contribution in [0.5, 0.6) is 0 Å². The van der Waals surface area contributed by atoms with E-state index in [1.54, 1.807) is 0 Å². The molecule has 9 heteroatoms. The number of rotatable bonds is 5. The molecule has 0 atom stereocenters. The Hall–Kier alpha value is -2.19. The molecule has 2 rings (SSSR count). The second-order valence-electron chi connectivity index (χ2n) is 4.11. The fourth-order valence-electron chi connectivity index (χ4n) is 1.67. The van der Waals surface area contributed by atoms with Crippen molar-refractivity contribution < 1.29 is 13.3 Å². The van der Waals surface area contributed by atoms with Crippen molar-refractivity contribution in [3.05, 3.63) is 63.3 Å². The van der Waals surface area contributed by atoms with Crippen LogP contribution in [-0.2, 0) is 15.8 Å². The summed E-state index contributed by atoms with van der Waals surface area (Å²) in [6.07, 6.45) is 1.35. The van der Waals surface area contributed by atoms with Crippen LogP contribution in [0, 0.1) is 10.1 Å². The van der Waals surface area contributed by atoms with Gasteiger partial charge in [0.1, 0.15) is 11.6 Å². The fraction of sp³-hybridized carbons (Fsp3) is 0.0833. The number of benzene rings is 1. The number of nitrogens with one attached hydrogen (secondary N) is 1. The van der Waals surface area contributed by atoms with Gasteiger partial charge in [-0.15, -0.1) is 0 Å². The molecule has 0 spiro atoms. The van der Waals surface area contributed by atoms with E-state index >= 15 is 0 Å². The van der Waals surface area contributed by atoms with Crippen LogP contribution in [0.1, 0.15) is 5.56 Å². The van der Waals surface area contributed by atoms with Gasteiger partial charge < -0.3 is 0 Å². The molecule has 1 N–H and O–H groups in total. The summed E-state index contributed by atoms with van der Waals surface area (Å²) >= 11 is 5.74. The smallest absolute Gasteiger partial charge is 0.267 e. The van der Waals surface area contributed by atoms with Crippen molar-refractivity contribution in [2.45, 2.75) is 5.75 Å². The number of pyridine rings is 1. The van der Waals surface area contributed by atoms with Crippen molar-refractivity contribution in [3.63, 3.8) is 0 Å². The molecule has 1 aromatic carbocycles. The summed E-state index contributed by atoms with van der Waals surface area (Å²) in [6.45, 7) is 0. The second kappa shape index (κ2) is 6.06. The number of nitro benzene ring substituents is 1. The highest BCUT2D eigenvalue weighted by Gasteiger charge is 2.20. The maximum atomic E-state index is 12.0. The van der Waals surface area contributed by atoms with E-state index in [4.69, 9.17) is 11.6 Å². The molecule has 0 amide bonds. The largest absolute Gasteiger partial charge is 0.273 e. The first-order valence-corrected chi connectivity index (χ1v) is 7.75. The molecule has 0 aliphatic heterocycles. The van der Waals surface area contributed by atoms with Crippen molar-refractivity contribution in [3.8, 4) is 0 Å². The Labute approximate surface area is 125 Å². The Morgan fingerprint density at radius 1 is 1.29 bits per heavy atom. The molecule has 0 unspecified atom stereocenters. The molecule has 21 heavy (non-hydrogen) atoms. The van der Waals surface area contributed by atoms with Gasteiger partial charge in [-0.3, -0.25) is 14.8 Å². The predicted octanol–water partition coefficient (Wildman–Crippen LogP) is 2.59. The molecule has 0 aliphatic carbocycles. The third-order valence-corrected chi connectivity index (χ3v) is 3.96. The Morgan fingerprint density at radius 2 is 2.00 bits per heavy atom. The molecule has 1 aromatic heterocycles. The van der Waals surface area contributed by atoms with E-state index in [0.717, 1.165) is 0 Å². The lowest BCUT2D eigenvalue weighted by Crippen LogP contribution is -2.16. The summed E-state index contributed by atoms with van der Waals surface area (Å²) in [6, 6.07) is 8.50. The van der Waals surface area contributed by atoms with Gasteiger partial charge in [-0.2, -0.15) is 0 Å². The molecule has 0 aliphatic rings. The zero-order valence-corrected chi connectivity index (χ0v) is 12.1. The van der Waals surface area contributed by atoms with Crippen molar-refractivity contribution >= 4 is 33.1 Å². The summed E-state index contributed by atoms with van der Waals surface area (Å²) in [4.78, 5) is 14.1. The molecule has 110 valence electrons. The minimum absolute atomic E-state index is 0.0566. The molecular formula is C12H10ClN3O4S. The van der Waals surface area contributed by atoms with Gasteiger partial charge in [0.05, 0.1) is 4.92 Å². The van der Waals surface area contributed by atoms with Crippen LogP contribution in [0.2, 0.25) is 5.02 Å². The molecule has 2 aromatic rings. The Morgan fingerprint density at radius 3 is 2.67 bits per heavy atom. The van der Waals surface area contributed by atoms with Crippen molar-refractivity contribution in [2.24, 2.45) is 0 Å². The summed E-state index contributed by atoms with van der Waals surface area (Å²) in [7, 11) is -3.84. The van der Waals surface area contributed by atoms with Crippen LogP contribution >= 0.6 is 11.6 Å². The van der Waals surface area contributed by atoms with Crippen LogP contribution in [0.4, 0.5) is 11.5 Å². The SMILES string of the molecule is O=[N+]([O-])c1ccccc1CS(=O)(=O)Nc1cc(Cl)ccn1. The third kappa shape index (κ3) is 4.14. The quantitative estimate of drug-likeness (QED) is 0.671. The molecule has 1 heterocycles. The Kier molecular flexibility index (Phi) is 4.39. The molecule has 0 bridgehead atoms. The highest BCUT2D eigenvalue weighted by Crippen LogP contribution is 2.21. The van der Waals surface area contributed by atoms with Crippen molar-refractivity contribution in [1.82, 2.24) is 4.98 Å². The van der Waals surface area contributed by atoms with E-state index in [0.29, 0.717) is 5.02 Å². The molecular weight excluding hydrogens is 318 g/mol. The average Bonchev–Trinajstić information content (AvgIpc) is 2.37.